The summed E-state index contributed by atoms with van der Waals surface area (Å²) in [6.07, 6.45) is 1.98. The van der Waals surface area contributed by atoms with Gasteiger partial charge in [0.05, 0.1) is 11.3 Å². The molecule has 0 saturated heterocycles. The van der Waals surface area contributed by atoms with E-state index in [1.54, 1.807) is 6.08 Å². The molecule has 2 rings (SSSR count). The average molecular weight is 281 g/mol. The van der Waals surface area contributed by atoms with Gasteiger partial charge in [-0.05, 0) is 22.6 Å². The second-order valence-electron chi connectivity index (χ2n) is 5.38. The van der Waals surface area contributed by atoms with Crippen molar-refractivity contribution in [3.8, 4) is 0 Å². The molecule has 3 heteroatoms. The maximum absolute atomic E-state index is 11.2. The third-order valence-corrected chi connectivity index (χ3v) is 3.40. The molecule has 2 aromatic rings. The van der Waals surface area contributed by atoms with E-state index in [1.165, 1.54) is 5.56 Å². The predicted molar refractivity (Wildman–Crippen MR) is 85.6 cm³/mol. The molecule has 0 aromatic heterocycles. The molecular formula is C18H19NO2. The highest BCUT2D eigenvalue weighted by Gasteiger charge is 2.11. The zero-order chi connectivity index (χ0) is 15.2. The largest absolute Gasteiger partial charge is 0.259 e. The number of nitrogens with zero attached hydrogens (tertiary/aromatic N) is 1. The van der Waals surface area contributed by atoms with Gasteiger partial charge in [-0.3, -0.25) is 10.1 Å². The summed E-state index contributed by atoms with van der Waals surface area (Å²) < 4.78 is 0. The molecule has 0 heterocycles. The first-order chi connectivity index (χ1) is 10.1. The van der Waals surface area contributed by atoms with Gasteiger partial charge in [0.2, 0.25) is 0 Å². The molecule has 0 aliphatic heterocycles. The van der Waals surface area contributed by atoms with E-state index in [1.807, 2.05) is 54.6 Å². The van der Waals surface area contributed by atoms with Crippen LogP contribution in [-0.2, 0) is 6.42 Å². The Kier molecular flexibility index (Phi) is 4.88. The Hall–Kier alpha value is -2.42. The van der Waals surface area contributed by atoms with Crippen LogP contribution in [0.5, 0.6) is 0 Å². The molecule has 0 aliphatic carbocycles. The molecule has 2 aromatic carbocycles. The number of nitro groups is 1. The lowest BCUT2D eigenvalue weighted by atomic mass is 10.0. The van der Waals surface area contributed by atoms with Gasteiger partial charge in [-0.2, -0.15) is 0 Å². The number of rotatable bonds is 5. The Labute approximate surface area is 125 Å². The molecule has 108 valence electrons. The van der Waals surface area contributed by atoms with Crippen LogP contribution in [0.3, 0.4) is 0 Å². The van der Waals surface area contributed by atoms with Crippen molar-refractivity contribution in [3.63, 3.8) is 0 Å². The molecule has 0 spiro atoms. The van der Waals surface area contributed by atoms with Crippen LogP contribution < -0.4 is 0 Å². The van der Waals surface area contributed by atoms with Gasteiger partial charge in [0.25, 0.3) is 5.70 Å². The van der Waals surface area contributed by atoms with Gasteiger partial charge in [-0.25, -0.2) is 0 Å². The Morgan fingerprint density at radius 1 is 1.10 bits per heavy atom. The van der Waals surface area contributed by atoms with Crippen molar-refractivity contribution < 1.29 is 4.92 Å². The van der Waals surface area contributed by atoms with E-state index in [0.29, 0.717) is 12.3 Å². The fraction of sp³-hybridized carbons (Fsp3) is 0.222. The molecule has 0 N–H and O–H groups in total. The topological polar surface area (TPSA) is 43.1 Å². The summed E-state index contributed by atoms with van der Waals surface area (Å²) in [6, 6.07) is 17.4. The molecule has 3 nitrogen and oxygen atoms in total. The van der Waals surface area contributed by atoms with Gasteiger partial charge in [0.15, 0.2) is 0 Å². The van der Waals surface area contributed by atoms with Gasteiger partial charge >= 0.3 is 0 Å². The SMILES string of the molecule is CC(C)c1ccc(/C=C(\Cc2ccccc2)[N+](=O)[O-])cc1. The quantitative estimate of drug-likeness (QED) is 0.590. The van der Waals surface area contributed by atoms with E-state index in [-0.39, 0.29) is 10.6 Å². The second-order valence-corrected chi connectivity index (χ2v) is 5.38. The normalized spacial score (nSPS) is 11.7. The van der Waals surface area contributed by atoms with Gasteiger partial charge in [-0.15, -0.1) is 0 Å². The van der Waals surface area contributed by atoms with Crippen LogP contribution in [-0.4, -0.2) is 4.92 Å². The first kappa shape index (κ1) is 15.0. The molecule has 21 heavy (non-hydrogen) atoms. The predicted octanol–water partition coefficient (Wildman–Crippen LogP) is 4.67. The molecule has 0 amide bonds. The van der Waals surface area contributed by atoms with Crippen molar-refractivity contribution >= 4 is 6.08 Å². The molecule has 0 aliphatic rings. The Morgan fingerprint density at radius 3 is 2.24 bits per heavy atom. The second kappa shape index (κ2) is 6.84. The van der Waals surface area contributed by atoms with Crippen LogP contribution in [0.2, 0.25) is 0 Å². The van der Waals surface area contributed by atoms with Crippen molar-refractivity contribution in [2.75, 3.05) is 0 Å². The fourth-order valence-corrected chi connectivity index (χ4v) is 2.14. The zero-order valence-electron chi connectivity index (χ0n) is 12.3. The van der Waals surface area contributed by atoms with Crippen LogP contribution in [0.1, 0.15) is 36.5 Å². The zero-order valence-corrected chi connectivity index (χ0v) is 12.3. The summed E-state index contributed by atoms with van der Waals surface area (Å²) in [5.41, 5.74) is 3.25. The van der Waals surface area contributed by atoms with Gasteiger partial charge in [0.1, 0.15) is 0 Å². The molecule has 0 atom stereocenters. The maximum Gasteiger partial charge on any atom is 0.251 e. The van der Waals surface area contributed by atoms with E-state index >= 15 is 0 Å². The number of hydrogen-bond acceptors (Lipinski definition) is 2. The fourth-order valence-electron chi connectivity index (χ4n) is 2.14. The lowest BCUT2D eigenvalue weighted by Crippen LogP contribution is -2.02. The minimum absolute atomic E-state index is 0.207. The highest BCUT2D eigenvalue weighted by molar-refractivity contribution is 5.52. The maximum atomic E-state index is 11.2. The number of benzene rings is 2. The van der Waals surface area contributed by atoms with Crippen LogP contribution >= 0.6 is 0 Å². The monoisotopic (exact) mass is 281 g/mol. The summed E-state index contributed by atoms with van der Waals surface area (Å²) in [7, 11) is 0. The molecule has 0 fully saturated rings. The third-order valence-electron chi connectivity index (χ3n) is 3.40. The summed E-state index contributed by atoms with van der Waals surface area (Å²) in [6.45, 7) is 4.26. The van der Waals surface area contributed by atoms with Crippen molar-refractivity contribution in [1.29, 1.82) is 0 Å². The van der Waals surface area contributed by atoms with Gasteiger partial charge in [0, 0.05) is 6.08 Å². The first-order valence-electron chi connectivity index (χ1n) is 7.05. The summed E-state index contributed by atoms with van der Waals surface area (Å²) in [5, 5.41) is 11.2. The van der Waals surface area contributed by atoms with E-state index in [2.05, 4.69) is 13.8 Å². The van der Waals surface area contributed by atoms with Crippen molar-refractivity contribution in [3.05, 3.63) is 87.1 Å². The van der Waals surface area contributed by atoms with E-state index in [4.69, 9.17) is 0 Å². The van der Waals surface area contributed by atoms with Crippen molar-refractivity contribution in [2.45, 2.75) is 26.2 Å². The van der Waals surface area contributed by atoms with E-state index in [0.717, 1.165) is 11.1 Å². The van der Waals surface area contributed by atoms with Crippen molar-refractivity contribution in [1.82, 2.24) is 0 Å². The molecule has 0 saturated carbocycles. The average Bonchev–Trinajstić information content (AvgIpc) is 2.48. The van der Waals surface area contributed by atoms with Crippen LogP contribution in [0.25, 0.3) is 6.08 Å². The Morgan fingerprint density at radius 2 is 1.71 bits per heavy atom. The molecular weight excluding hydrogens is 262 g/mol. The number of hydrogen-bond donors (Lipinski definition) is 0. The molecule has 0 unspecified atom stereocenters. The molecule has 0 bridgehead atoms. The number of allylic oxidation sites excluding steroid dienone is 1. The summed E-state index contributed by atoms with van der Waals surface area (Å²) >= 11 is 0. The summed E-state index contributed by atoms with van der Waals surface area (Å²) in [4.78, 5) is 10.9. The highest BCUT2D eigenvalue weighted by atomic mass is 16.6. The smallest absolute Gasteiger partial charge is 0.251 e. The Balaban J connectivity index is 2.23. The van der Waals surface area contributed by atoms with E-state index < -0.39 is 0 Å². The van der Waals surface area contributed by atoms with E-state index in [9.17, 15) is 10.1 Å². The van der Waals surface area contributed by atoms with Crippen LogP contribution in [0.4, 0.5) is 0 Å². The lowest BCUT2D eigenvalue weighted by molar-refractivity contribution is -0.425. The standard InChI is InChI=1S/C18H19NO2/c1-14(2)17-10-8-16(9-11-17)13-18(19(20)21)12-15-6-4-3-5-7-15/h3-11,13-14H,12H2,1-2H3/b18-13+. The Bertz CT molecular complexity index is 628. The van der Waals surface area contributed by atoms with Crippen LogP contribution in [0.15, 0.2) is 60.3 Å². The van der Waals surface area contributed by atoms with Gasteiger partial charge in [-0.1, -0.05) is 68.4 Å². The minimum Gasteiger partial charge on any atom is -0.259 e. The molecule has 0 radical (unpaired) electrons. The van der Waals surface area contributed by atoms with Crippen LogP contribution in [0, 0.1) is 10.1 Å². The minimum atomic E-state index is -0.302. The van der Waals surface area contributed by atoms with Crippen molar-refractivity contribution in [2.24, 2.45) is 0 Å². The lowest BCUT2D eigenvalue weighted by Gasteiger charge is -2.05. The van der Waals surface area contributed by atoms with Gasteiger partial charge < -0.3 is 0 Å². The third kappa shape index (κ3) is 4.28. The first-order valence-corrected chi connectivity index (χ1v) is 7.05. The highest BCUT2D eigenvalue weighted by Crippen LogP contribution is 2.17. The summed E-state index contributed by atoms with van der Waals surface area (Å²) in [5.74, 6) is 0.460.